The molecule has 0 fully saturated rings. The van der Waals surface area contributed by atoms with Crippen LogP contribution in [-0.4, -0.2) is 0 Å². The van der Waals surface area contributed by atoms with Gasteiger partial charge in [0.25, 0.3) is 0 Å². The molecule has 0 N–H and O–H groups in total. The second-order valence-electron chi connectivity index (χ2n) is 2.65. The van der Waals surface area contributed by atoms with Gasteiger partial charge in [-0.15, -0.1) is 0 Å². The lowest BCUT2D eigenvalue weighted by Gasteiger charge is -2.01. The molecule has 0 bridgehead atoms. The summed E-state index contributed by atoms with van der Waals surface area (Å²) in [5.74, 6) is 0. The Morgan fingerprint density at radius 1 is 1.25 bits per heavy atom. The molecule has 0 spiro atoms. The van der Waals surface area contributed by atoms with E-state index in [4.69, 9.17) is 4.74 Å². The Kier molecular flexibility index (Phi) is 3.39. The molecule has 0 aliphatic heterocycles. The van der Waals surface area contributed by atoms with Crippen molar-refractivity contribution in [1.82, 2.24) is 0 Å². The average molecular weight is 162 g/mol. The minimum absolute atomic E-state index is 0.619. The van der Waals surface area contributed by atoms with E-state index < -0.39 is 0 Å². The molecule has 0 atom stereocenters. The van der Waals surface area contributed by atoms with E-state index in [9.17, 15) is 0 Å². The van der Waals surface area contributed by atoms with Gasteiger partial charge in [-0.25, -0.2) is 0 Å². The van der Waals surface area contributed by atoms with E-state index >= 15 is 0 Å². The Hall–Kier alpha value is -1.24. The van der Waals surface area contributed by atoms with Crippen LogP contribution in [-0.2, 0) is 17.8 Å². The largest absolute Gasteiger partial charge is 0.497 e. The number of rotatable bonds is 4. The summed E-state index contributed by atoms with van der Waals surface area (Å²) in [5.41, 5.74) is 2.55. The van der Waals surface area contributed by atoms with Crippen molar-refractivity contribution < 1.29 is 4.74 Å². The maximum absolute atomic E-state index is 5.06. The van der Waals surface area contributed by atoms with Crippen LogP contribution in [0, 0.1) is 0 Å². The van der Waals surface area contributed by atoms with Crippen molar-refractivity contribution in [2.24, 2.45) is 0 Å². The SMILES string of the molecule is C=COCc1ccc(CC)cc1. The van der Waals surface area contributed by atoms with Gasteiger partial charge in [0.1, 0.15) is 6.61 Å². The number of hydrogen-bond acceptors (Lipinski definition) is 1. The third kappa shape index (κ3) is 2.42. The fraction of sp³-hybridized carbons (Fsp3) is 0.273. The van der Waals surface area contributed by atoms with Crippen molar-refractivity contribution in [3.63, 3.8) is 0 Å². The summed E-state index contributed by atoms with van der Waals surface area (Å²) in [6.07, 6.45) is 2.55. The Morgan fingerprint density at radius 3 is 2.33 bits per heavy atom. The van der Waals surface area contributed by atoms with Crippen LogP contribution in [0.1, 0.15) is 18.1 Å². The van der Waals surface area contributed by atoms with E-state index in [0.29, 0.717) is 6.61 Å². The highest BCUT2D eigenvalue weighted by molar-refractivity contribution is 5.21. The molecule has 1 rings (SSSR count). The molecule has 0 aliphatic rings. The molecule has 0 aliphatic carbocycles. The second kappa shape index (κ2) is 4.60. The molecule has 1 aromatic carbocycles. The summed E-state index contributed by atoms with van der Waals surface area (Å²) >= 11 is 0. The summed E-state index contributed by atoms with van der Waals surface area (Å²) in [5, 5.41) is 0. The highest BCUT2D eigenvalue weighted by Gasteiger charge is 1.91. The minimum atomic E-state index is 0.619. The van der Waals surface area contributed by atoms with Crippen LogP contribution in [0.15, 0.2) is 37.1 Å². The first-order valence-corrected chi connectivity index (χ1v) is 4.17. The minimum Gasteiger partial charge on any atom is -0.497 e. The van der Waals surface area contributed by atoms with Crippen molar-refractivity contribution in [3.8, 4) is 0 Å². The van der Waals surface area contributed by atoms with Crippen LogP contribution in [0.3, 0.4) is 0 Å². The lowest BCUT2D eigenvalue weighted by Crippen LogP contribution is -1.87. The van der Waals surface area contributed by atoms with E-state index in [-0.39, 0.29) is 0 Å². The van der Waals surface area contributed by atoms with Crippen molar-refractivity contribution in [1.29, 1.82) is 0 Å². The zero-order valence-electron chi connectivity index (χ0n) is 7.42. The summed E-state index contributed by atoms with van der Waals surface area (Å²) in [6.45, 7) is 6.25. The molecule has 0 amide bonds. The van der Waals surface area contributed by atoms with E-state index in [1.807, 2.05) is 0 Å². The molecule has 0 unspecified atom stereocenters. The van der Waals surface area contributed by atoms with E-state index in [2.05, 4.69) is 37.8 Å². The molecule has 0 saturated heterocycles. The van der Waals surface area contributed by atoms with Gasteiger partial charge < -0.3 is 4.74 Å². The van der Waals surface area contributed by atoms with Gasteiger partial charge in [-0.2, -0.15) is 0 Å². The van der Waals surface area contributed by atoms with Crippen molar-refractivity contribution in [3.05, 3.63) is 48.2 Å². The number of benzene rings is 1. The van der Waals surface area contributed by atoms with Gasteiger partial charge in [-0.05, 0) is 17.5 Å². The van der Waals surface area contributed by atoms with Crippen LogP contribution >= 0.6 is 0 Å². The quantitative estimate of drug-likeness (QED) is 0.618. The van der Waals surface area contributed by atoms with E-state index in [1.54, 1.807) is 0 Å². The third-order valence-electron chi connectivity index (χ3n) is 1.80. The van der Waals surface area contributed by atoms with Crippen LogP contribution in [0.25, 0.3) is 0 Å². The van der Waals surface area contributed by atoms with Crippen molar-refractivity contribution >= 4 is 0 Å². The molecule has 1 nitrogen and oxygen atoms in total. The molecule has 64 valence electrons. The van der Waals surface area contributed by atoms with Gasteiger partial charge in [0.2, 0.25) is 0 Å². The van der Waals surface area contributed by atoms with E-state index in [0.717, 1.165) is 6.42 Å². The van der Waals surface area contributed by atoms with E-state index in [1.165, 1.54) is 17.4 Å². The van der Waals surface area contributed by atoms with Gasteiger partial charge >= 0.3 is 0 Å². The highest BCUT2D eigenvalue weighted by atomic mass is 16.5. The molecule has 0 heterocycles. The predicted octanol–water partition coefficient (Wildman–Crippen LogP) is 2.91. The molecular weight excluding hydrogens is 148 g/mol. The maximum Gasteiger partial charge on any atom is 0.112 e. The summed E-state index contributed by atoms with van der Waals surface area (Å²) in [6, 6.07) is 8.42. The zero-order valence-corrected chi connectivity index (χ0v) is 7.42. The maximum atomic E-state index is 5.06. The fourth-order valence-corrected chi connectivity index (χ4v) is 1.03. The van der Waals surface area contributed by atoms with Gasteiger partial charge in [-0.3, -0.25) is 0 Å². The topological polar surface area (TPSA) is 9.23 Å². The Balaban J connectivity index is 2.58. The van der Waals surface area contributed by atoms with Gasteiger partial charge in [0.05, 0.1) is 6.26 Å². The van der Waals surface area contributed by atoms with Crippen molar-refractivity contribution in [2.75, 3.05) is 0 Å². The molecule has 1 aromatic rings. The average Bonchev–Trinajstić information content (AvgIpc) is 2.15. The molecule has 0 radical (unpaired) electrons. The zero-order chi connectivity index (χ0) is 8.81. The van der Waals surface area contributed by atoms with Crippen LogP contribution in [0.4, 0.5) is 0 Å². The lowest BCUT2D eigenvalue weighted by molar-refractivity contribution is 0.237. The first kappa shape index (κ1) is 8.85. The van der Waals surface area contributed by atoms with Crippen LogP contribution in [0.5, 0.6) is 0 Å². The summed E-state index contributed by atoms with van der Waals surface area (Å²) in [7, 11) is 0. The first-order valence-electron chi connectivity index (χ1n) is 4.17. The highest BCUT2D eigenvalue weighted by Crippen LogP contribution is 2.05. The Labute approximate surface area is 73.7 Å². The van der Waals surface area contributed by atoms with Crippen LogP contribution in [0.2, 0.25) is 0 Å². The molecule has 1 heteroatoms. The fourth-order valence-electron chi connectivity index (χ4n) is 1.03. The third-order valence-corrected chi connectivity index (χ3v) is 1.80. The van der Waals surface area contributed by atoms with Gasteiger partial charge in [-0.1, -0.05) is 37.8 Å². The van der Waals surface area contributed by atoms with Crippen molar-refractivity contribution in [2.45, 2.75) is 20.0 Å². The molecular formula is C11H14O. The molecule has 12 heavy (non-hydrogen) atoms. The molecule has 0 saturated carbocycles. The summed E-state index contributed by atoms with van der Waals surface area (Å²) < 4.78 is 5.06. The standard InChI is InChI=1S/C11H14O/c1-3-10-5-7-11(8-6-10)9-12-4-2/h4-8H,2-3,9H2,1H3. The Morgan fingerprint density at radius 2 is 1.83 bits per heavy atom. The monoisotopic (exact) mass is 162 g/mol. The number of aryl methyl sites for hydroxylation is 1. The van der Waals surface area contributed by atoms with Gasteiger partial charge in [0.15, 0.2) is 0 Å². The van der Waals surface area contributed by atoms with Crippen LogP contribution < -0.4 is 0 Å². The number of hydrogen-bond donors (Lipinski definition) is 0. The normalized spacial score (nSPS) is 9.42. The number of ether oxygens (including phenoxy) is 1. The lowest BCUT2D eigenvalue weighted by atomic mass is 10.1. The predicted molar refractivity (Wildman–Crippen MR) is 50.8 cm³/mol. The Bertz CT molecular complexity index is 236. The molecule has 0 aromatic heterocycles. The second-order valence-corrected chi connectivity index (χ2v) is 2.65. The van der Waals surface area contributed by atoms with Gasteiger partial charge in [0, 0.05) is 0 Å². The first-order chi connectivity index (χ1) is 5.86. The smallest absolute Gasteiger partial charge is 0.112 e. The summed E-state index contributed by atoms with van der Waals surface area (Å²) in [4.78, 5) is 0.